The number of hydrogen-bond donors (Lipinski definition) is 1. The molecule has 0 spiro atoms. The lowest BCUT2D eigenvalue weighted by Crippen LogP contribution is -2.33. The van der Waals surface area contributed by atoms with Gasteiger partial charge in [-0.1, -0.05) is 164 Å². The van der Waals surface area contributed by atoms with Crippen molar-refractivity contribution < 1.29 is 4.42 Å². The van der Waals surface area contributed by atoms with E-state index < -0.39 is 0 Å². The lowest BCUT2D eigenvalue weighted by Gasteiger charge is -2.24. The van der Waals surface area contributed by atoms with Crippen LogP contribution >= 0.6 is 0 Å². The Labute approximate surface area is 307 Å². The Morgan fingerprint density at radius 1 is 0.434 bits per heavy atom. The van der Waals surface area contributed by atoms with Crippen LogP contribution in [0.3, 0.4) is 0 Å². The van der Waals surface area contributed by atoms with E-state index in [0.717, 1.165) is 55.6 Å². The lowest BCUT2D eigenvalue weighted by atomic mass is 9.97. The van der Waals surface area contributed by atoms with Crippen LogP contribution in [0, 0.1) is 0 Å². The first-order valence-electron chi connectivity index (χ1n) is 17.9. The normalized spacial score (nSPS) is 14.2. The molecule has 2 heterocycles. The van der Waals surface area contributed by atoms with Crippen molar-refractivity contribution in [3.05, 3.63) is 205 Å². The van der Waals surface area contributed by atoms with E-state index in [1.807, 2.05) is 36.4 Å². The van der Waals surface area contributed by atoms with Crippen LogP contribution in [-0.4, -0.2) is 11.7 Å². The number of furan rings is 1. The third-order valence-electron chi connectivity index (χ3n) is 10.2. The van der Waals surface area contributed by atoms with Gasteiger partial charge in [0, 0.05) is 21.9 Å². The van der Waals surface area contributed by atoms with Crippen molar-refractivity contribution in [1.82, 2.24) is 5.32 Å². The first kappa shape index (κ1) is 30.8. The number of nitrogens with zero attached hydrogens (tertiary/aromatic N) is 2. The minimum Gasteiger partial charge on any atom is -0.456 e. The number of benzene rings is 8. The Hall–Kier alpha value is -7.04. The maximum Gasteiger partial charge on any atom is 0.160 e. The first-order chi connectivity index (χ1) is 26.2. The molecule has 1 aliphatic heterocycles. The van der Waals surface area contributed by atoms with E-state index in [-0.39, 0.29) is 6.17 Å². The molecule has 1 aromatic heterocycles. The molecular weight excluding hydrogens is 647 g/mol. The highest BCUT2D eigenvalue weighted by atomic mass is 16.3. The lowest BCUT2D eigenvalue weighted by molar-refractivity contribution is 0.668. The zero-order valence-corrected chi connectivity index (χ0v) is 28.8. The molecule has 0 fully saturated rings. The van der Waals surface area contributed by atoms with E-state index in [1.54, 1.807) is 0 Å². The minimum absolute atomic E-state index is 0.326. The van der Waals surface area contributed by atoms with Gasteiger partial charge in [0.2, 0.25) is 0 Å². The van der Waals surface area contributed by atoms with Crippen molar-refractivity contribution in [3.8, 4) is 33.4 Å². The van der Waals surface area contributed by atoms with E-state index in [9.17, 15) is 0 Å². The summed E-state index contributed by atoms with van der Waals surface area (Å²) in [5, 5.41) is 8.15. The molecule has 53 heavy (non-hydrogen) atoms. The molecule has 0 bridgehead atoms. The van der Waals surface area contributed by atoms with Crippen LogP contribution in [0.15, 0.2) is 202 Å². The van der Waals surface area contributed by atoms with Gasteiger partial charge in [-0.3, -0.25) is 0 Å². The second-order valence-electron chi connectivity index (χ2n) is 13.4. The summed E-state index contributed by atoms with van der Waals surface area (Å²) in [6, 6.07) is 65.9. The summed E-state index contributed by atoms with van der Waals surface area (Å²) < 4.78 is 6.45. The molecular formula is C49H33N3O. The molecule has 4 nitrogen and oxygen atoms in total. The first-order valence-corrected chi connectivity index (χ1v) is 17.9. The summed E-state index contributed by atoms with van der Waals surface area (Å²) in [6.07, 6.45) is -0.326. The van der Waals surface area contributed by atoms with E-state index in [0.29, 0.717) is 5.84 Å². The van der Waals surface area contributed by atoms with Crippen LogP contribution in [0.2, 0.25) is 0 Å². The van der Waals surface area contributed by atoms with Crippen LogP contribution in [0.5, 0.6) is 0 Å². The van der Waals surface area contributed by atoms with E-state index in [1.165, 1.54) is 33.0 Å². The molecule has 10 rings (SSSR count). The highest BCUT2D eigenvalue weighted by Crippen LogP contribution is 2.37. The Balaban J connectivity index is 1.05. The Kier molecular flexibility index (Phi) is 7.51. The molecule has 8 aromatic carbocycles. The minimum atomic E-state index is -0.326. The molecule has 0 amide bonds. The second-order valence-corrected chi connectivity index (χ2v) is 13.4. The predicted molar refractivity (Wildman–Crippen MR) is 219 cm³/mol. The Morgan fingerprint density at radius 2 is 1.02 bits per heavy atom. The number of aliphatic imine (C=N–C) groups is 2. The maximum atomic E-state index is 6.45. The van der Waals surface area contributed by atoms with Crippen molar-refractivity contribution in [1.29, 1.82) is 0 Å². The van der Waals surface area contributed by atoms with Gasteiger partial charge in [-0.05, 0) is 74.0 Å². The van der Waals surface area contributed by atoms with E-state index in [4.69, 9.17) is 14.4 Å². The van der Waals surface area contributed by atoms with Crippen molar-refractivity contribution >= 4 is 44.4 Å². The fourth-order valence-electron chi connectivity index (χ4n) is 7.39. The number of amidine groups is 2. The van der Waals surface area contributed by atoms with Gasteiger partial charge in [-0.25, -0.2) is 9.98 Å². The number of nitrogens with one attached hydrogen (secondary N) is 1. The molecule has 9 aromatic rings. The molecule has 1 unspecified atom stereocenters. The molecule has 1 N–H and O–H groups in total. The van der Waals surface area contributed by atoms with E-state index >= 15 is 0 Å². The average molecular weight is 680 g/mol. The fourth-order valence-corrected chi connectivity index (χ4v) is 7.39. The number of hydrogen-bond acceptors (Lipinski definition) is 4. The highest BCUT2D eigenvalue weighted by molar-refractivity contribution is 6.22. The summed E-state index contributed by atoms with van der Waals surface area (Å²) in [7, 11) is 0. The summed E-state index contributed by atoms with van der Waals surface area (Å²) >= 11 is 0. The van der Waals surface area contributed by atoms with E-state index in [2.05, 4.69) is 157 Å². The highest BCUT2D eigenvalue weighted by Gasteiger charge is 2.24. The van der Waals surface area contributed by atoms with Crippen molar-refractivity contribution in [2.24, 2.45) is 9.98 Å². The maximum absolute atomic E-state index is 6.45. The van der Waals surface area contributed by atoms with Gasteiger partial charge >= 0.3 is 0 Å². The average Bonchev–Trinajstić information content (AvgIpc) is 3.62. The summed E-state index contributed by atoms with van der Waals surface area (Å²) in [5.41, 5.74) is 11.7. The molecule has 0 saturated carbocycles. The largest absolute Gasteiger partial charge is 0.456 e. The molecule has 250 valence electrons. The van der Waals surface area contributed by atoms with Gasteiger partial charge in [0.15, 0.2) is 5.84 Å². The van der Waals surface area contributed by atoms with Gasteiger partial charge in [0.25, 0.3) is 0 Å². The van der Waals surface area contributed by atoms with Gasteiger partial charge in [-0.15, -0.1) is 0 Å². The quantitative estimate of drug-likeness (QED) is 0.190. The zero-order chi connectivity index (χ0) is 35.1. The van der Waals surface area contributed by atoms with Crippen molar-refractivity contribution in [3.63, 3.8) is 0 Å². The van der Waals surface area contributed by atoms with Crippen LogP contribution in [-0.2, 0) is 0 Å². The standard InChI is InChI=1S/C49H33N3O/c1-3-10-32(11-4-1)34-22-25-38(26-23-34)48-50-47(37-13-5-2-6-14-37)51-49(52-48)42-16-9-17-45-46(42)43-31-41(28-29-44(43)53-45)36-20-18-35(19-21-36)40-27-24-33-12-7-8-15-39(33)30-40/h1-31,48H,(H,50,51,52). The Morgan fingerprint density at radius 3 is 1.77 bits per heavy atom. The third kappa shape index (κ3) is 5.77. The molecule has 0 saturated heterocycles. The van der Waals surface area contributed by atoms with Gasteiger partial charge in [0.1, 0.15) is 23.2 Å². The SMILES string of the molecule is c1ccc(C2=NC(c3cccc4oc5ccc(-c6ccc(-c7ccc8ccccc8c7)cc6)cc5c34)=NC(c3ccc(-c4ccccc4)cc3)N2)cc1. The summed E-state index contributed by atoms with van der Waals surface area (Å²) in [4.78, 5) is 10.4. The summed E-state index contributed by atoms with van der Waals surface area (Å²) in [6.45, 7) is 0. The zero-order valence-electron chi connectivity index (χ0n) is 28.8. The van der Waals surface area contributed by atoms with Crippen molar-refractivity contribution in [2.45, 2.75) is 6.17 Å². The third-order valence-corrected chi connectivity index (χ3v) is 10.2. The van der Waals surface area contributed by atoms with Gasteiger partial charge < -0.3 is 9.73 Å². The molecule has 1 atom stereocenters. The molecule has 4 heteroatoms. The van der Waals surface area contributed by atoms with Crippen LogP contribution in [0.4, 0.5) is 0 Å². The van der Waals surface area contributed by atoms with Gasteiger partial charge in [-0.2, -0.15) is 0 Å². The fraction of sp³-hybridized carbons (Fsp3) is 0.0204. The number of fused-ring (bicyclic) bond motifs is 4. The molecule has 0 aliphatic carbocycles. The second kappa shape index (κ2) is 12.9. The van der Waals surface area contributed by atoms with Crippen LogP contribution in [0.1, 0.15) is 22.9 Å². The predicted octanol–water partition coefficient (Wildman–Crippen LogP) is 12.2. The number of rotatable bonds is 6. The van der Waals surface area contributed by atoms with Crippen molar-refractivity contribution in [2.75, 3.05) is 0 Å². The van der Waals surface area contributed by atoms with Gasteiger partial charge in [0.05, 0.1) is 0 Å². The Bertz CT molecular complexity index is 2830. The van der Waals surface area contributed by atoms with Crippen LogP contribution < -0.4 is 5.32 Å². The molecule has 0 radical (unpaired) electrons. The smallest absolute Gasteiger partial charge is 0.160 e. The molecule has 1 aliphatic rings. The monoisotopic (exact) mass is 679 g/mol. The van der Waals surface area contributed by atoms with Crippen LogP contribution in [0.25, 0.3) is 66.1 Å². The summed E-state index contributed by atoms with van der Waals surface area (Å²) in [5.74, 6) is 1.45. The topological polar surface area (TPSA) is 49.9 Å².